The summed E-state index contributed by atoms with van der Waals surface area (Å²) in [6, 6.07) is 10.0. The molecule has 0 fully saturated rings. The molecule has 0 atom stereocenters. The molecule has 0 unspecified atom stereocenters. The SMILES string of the molecule is Cc1ccccc1-c1nn2c(CN)ccnc2c1Br. The normalized spacial score (nSPS) is 11.1. The van der Waals surface area contributed by atoms with Crippen LogP contribution >= 0.6 is 15.9 Å². The fourth-order valence-corrected chi connectivity index (χ4v) is 2.69. The van der Waals surface area contributed by atoms with Gasteiger partial charge in [0.2, 0.25) is 0 Å². The van der Waals surface area contributed by atoms with Gasteiger partial charge < -0.3 is 5.73 Å². The smallest absolute Gasteiger partial charge is 0.170 e. The van der Waals surface area contributed by atoms with Crippen LogP contribution in [0.25, 0.3) is 16.9 Å². The van der Waals surface area contributed by atoms with Crippen molar-refractivity contribution in [3.63, 3.8) is 0 Å². The average Bonchev–Trinajstić information content (AvgIpc) is 2.77. The number of hydrogen-bond acceptors (Lipinski definition) is 3. The maximum Gasteiger partial charge on any atom is 0.170 e. The molecule has 1 aromatic carbocycles. The van der Waals surface area contributed by atoms with Crippen LogP contribution in [0.2, 0.25) is 0 Å². The van der Waals surface area contributed by atoms with Gasteiger partial charge in [-0.3, -0.25) is 0 Å². The summed E-state index contributed by atoms with van der Waals surface area (Å²) >= 11 is 3.60. The predicted molar refractivity (Wildman–Crippen MR) is 78.8 cm³/mol. The van der Waals surface area contributed by atoms with E-state index in [0.29, 0.717) is 6.54 Å². The van der Waals surface area contributed by atoms with Crippen LogP contribution in [0.1, 0.15) is 11.3 Å². The van der Waals surface area contributed by atoms with E-state index in [1.165, 1.54) is 5.56 Å². The standard InChI is InChI=1S/C14H13BrN4/c1-9-4-2-3-5-11(9)13-12(15)14-17-7-6-10(8-16)19(14)18-13/h2-7H,8,16H2,1H3. The lowest BCUT2D eigenvalue weighted by Crippen LogP contribution is -2.05. The summed E-state index contributed by atoms with van der Waals surface area (Å²) in [5, 5.41) is 4.64. The van der Waals surface area contributed by atoms with Crippen LogP contribution in [0.3, 0.4) is 0 Å². The van der Waals surface area contributed by atoms with Gasteiger partial charge in [0.05, 0.1) is 10.2 Å². The maximum atomic E-state index is 5.74. The third-order valence-electron chi connectivity index (χ3n) is 3.15. The zero-order chi connectivity index (χ0) is 13.4. The number of aryl methyl sites for hydroxylation is 1. The number of benzene rings is 1. The predicted octanol–water partition coefficient (Wildman–Crippen LogP) is 2.93. The van der Waals surface area contributed by atoms with Crippen molar-refractivity contribution >= 4 is 21.6 Å². The second-order valence-electron chi connectivity index (χ2n) is 4.35. The van der Waals surface area contributed by atoms with Gasteiger partial charge in [-0.2, -0.15) is 5.10 Å². The number of nitrogens with zero attached hydrogens (tertiary/aromatic N) is 3. The molecule has 96 valence electrons. The Hall–Kier alpha value is -1.72. The van der Waals surface area contributed by atoms with Crippen LogP contribution in [0, 0.1) is 6.92 Å². The van der Waals surface area contributed by atoms with Crippen molar-refractivity contribution in [2.75, 3.05) is 0 Å². The number of aromatic nitrogens is 3. The highest BCUT2D eigenvalue weighted by Gasteiger charge is 2.15. The Labute approximate surface area is 119 Å². The first-order valence-electron chi connectivity index (χ1n) is 6.00. The minimum atomic E-state index is 0.431. The lowest BCUT2D eigenvalue weighted by Gasteiger charge is -2.01. The number of fused-ring (bicyclic) bond motifs is 1. The molecule has 0 saturated heterocycles. The van der Waals surface area contributed by atoms with Crippen molar-refractivity contribution < 1.29 is 0 Å². The van der Waals surface area contributed by atoms with E-state index in [-0.39, 0.29) is 0 Å². The third-order valence-corrected chi connectivity index (χ3v) is 3.88. The Morgan fingerprint density at radius 1 is 1.26 bits per heavy atom. The lowest BCUT2D eigenvalue weighted by atomic mass is 10.1. The Balaban J connectivity index is 2.32. The van der Waals surface area contributed by atoms with Crippen molar-refractivity contribution in [2.24, 2.45) is 5.73 Å². The minimum Gasteiger partial charge on any atom is -0.325 e. The van der Waals surface area contributed by atoms with Gasteiger partial charge in [0.25, 0.3) is 0 Å². The molecule has 0 aliphatic carbocycles. The summed E-state index contributed by atoms with van der Waals surface area (Å²) < 4.78 is 2.70. The zero-order valence-corrected chi connectivity index (χ0v) is 12.1. The monoisotopic (exact) mass is 316 g/mol. The molecular formula is C14H13BrN4. The first-order chi connectivity index (χ1) is 9.22. The highest BCUT2D eigenvalue weighted by atomic mass is 79.9. The summed E-state index contributed by atoms with van der Waals surface area (Å²) in [6.07, 6.45) is 1.76. The van der Waals surface area contributed by atoms with Gasteiger partial charge in [-0.15, -0.1) is 0 Å². The molecule has 5 heteroatoms. The van der Waals surface area contributed by atoms with Gasteiger partial charge >= 0.3 is 0 Å². The Morgan fingerprint density at radius 2 is 2.05 bits per heavy atom. The summed E-state index contributed by atoms with van der Waals surface area (Å²) in [4.78, 5) is 4.36. The van der Waals surface area contributed by atoms with Gasteiger partial charge in [-0.05, 0) is 34.5 Å². The van der Waals surface area contributed by atoms with E-state index in [4.69, 9.17) is 5.73 Å². The van der Waals surface area contributed by atoms with E-state index >= 15 is 0 Å². The molecule has 0 saturated carbocycles. The molecule has 19 heavy (non-hydrogen) atoms. The largest absolute Gasteiger partial charge is 0.325 e. The maximum absolute atomic E-state index is 5.74. The van der Waals surface area contributed by atoms with E-state index in [1.54, 1.807) is 10.7 Å². The van der Waals surface area contributed by atoms with Crippen LogP contribution < -0.4 is 5.73 Å². The van der Waals surface area contributed by atoms with E-state index < -0.39 is 0 Å². The van der Waals surface area contributed by atoms with Crippen LogP contribution in [0.4, 0.5) is 0 Å². The molecule has 0 bridgehead atoms. The molecule has 2 N–H and O–H groups in total. The Bertz CT molecular complexity index is 748. The number of rotatable bonds is 2. The van der Waals surface area contributed by atoms with Crippen molar-refractivity contribution in [1.82, 2.24) is 14.6 Å². The first kappa shape index (κ1) is 12.3. The summed E-state index contributed by atoms with van der Waals surface area (Å²) in [5.74, 6) is 0. The summed E-state index contributed by atoms with van der Waals surface area (Å²) in [7, 11) is 0. The molecule has 2 aromatic heterocycles. The minimum absolute atomic E-state index is 0.431. The lowest BCUT2D eigenvalue weighted by molar-refractivity contribution is 0.837. The Kier molecular flexibility index (Phi) is 3.08. The van der Waals surface area contributed by atoms with Crippen molar-refractivity contribution in [2.45, 2.75) is 13.5 Å². The van der Waals surface area contributed by atoms with Gasteiger partial charge in [-0.25, -0.2) is 9.50 Å². The fourth-order valence-electron chi connectivity index (χ4n) is 2.13. The van der Waals surface area contributed by atoms with Gasteiger partial charge in [-0.1, -0.05) is 24.3 Å². The van der Waals surface area contributed by atoms with Crippen LogP contribution in [0.5, 0.6) is 0 Å². The van der Waals surface area contributed by atoms with Crippen molar-refractivity contribution in [1.29, 1.82) is 0 Å². The van der Waals surface area contributed by atoms with E-state index in [1.807, 2.05) is 18.2 Å². The topological polar surface area (TPSA) is 56.2 Å². The van der Waals surface area contributed by atoms with Crippen LogP contribution in [0.15, 0.2) is 41.0 Å². The number of halogens is 1. The van der Waals surface area contributed by atoms with Gasteiger partial charge in [0.1, 0.15) is 5.69 Å². The molecule has 0 spiro atoms. The summed E-state index contributed by atoms with van der Waals surface area (Å²) in [6.45, 7) is 2.50. The number of nitrogens with two attached hydrogens (primary N) is 1. The zero-order valence-electron chi connectivity index (χ0n) is 10.5. The summed E-state index contributed by atoms with van der Waals surface area (Å²) in [5.41, 5.74) is 10.6. The van der Waals surface area contributed by atoms with Crippen LogP contribution in [-0.2, 0) is 6.54 Å². The first-order valence-corrected chi connectivity index (χ1v) is 6.80. The van der Waals surface area contributed by atoms with Crippen molar-refractivity contribution in [3.8, 4) is 11.3 Å². The molecular weight excluding hydrogens is 304 g/mol. The van der Waals surface area contributed by atoms with E-state index in [2.05, 4.69) is 45.1 Å². The molecule has 4 nitrogen and oxygen atoms in total. The molecule has 2 heterocycles. The quantitative estimate of drug-likeness (QED) is 0.790. The van der Waals surface area contributed by atoms with E-state index in [9.17, 15) is 0 Å². The van der Waals surface area contributed by atoms with Crippen LogP contribution in [-0.4, -0.2) is 14.6 Å². The second kappa shape index (κ2) is 4.75. The molecule has 0 aliphatic rings. The van der Waals surface area contributed by atoms with Gasteiger partial charge in [0.15, 0.2) is 5.65 Å². The fraction of sp³-hybridized carbons (Fsp3) is 0.143. The van der Waals surface area contributed by atoms with E-state index in [0.717, 1.165) is 27.1 Å². The third kappa shape index (κ3) is 1.95. The number of hydrogen-bond donors (Lipinski definition) is 1. The molecule has 3 aromatic rings. The molecule has 0 aliphatic heterocycles. The van der Waals surface area contributed by atoms with Gasteiger partial charge in [0, 0.05) is 18.3 Å². The molecule has 0 amide bonds. The second-order valence-corrected chi connectivity index (χ2v) is 5.15. The van der Waals surface area contributed by atoms with Crippen molar-refractivity contribution in [3.05, 3.63) is 52.3 Å². The highest BCUT2D eigenvalue weighted by molar-refractivity contribution is 9.10. The molecule has 3 rings (SSSR count). The highest BCUT2D eigenvalue weighted by Crippen LogP contribution is 2.32. The Morgan fingerprint density at radius 3 is 2.79 bits per heavy atom. The molecule has 0 radical (unpaired) electrons. The average molecular weight is 317 g/mol.